The van der Waals surface area contributed by atoms with E-state index in [-0.39, 0.29) is 17.7 Å². The SMILES string of the molecule is CC1=CC(N2c3cc(C)ccc3B3c4cc(C)cc5c4N(c4cc(N(c6ccccc6)c6ccccc6)cc2c43)C2(C)CCCCC52C)=CCC1. The highest BCUT2D eigenvalue weighted by atomic mass is 15.3. The largest absolute Gasteiger partial charge is 0.335 e. The van der Waals surface area contributed by atoms with Gasteiger partial charge in [-0.15, -0.1) is 0 Å². The molecule has 252 valence electrons. The van der Waals surface area contributed by atoms with Crippen molar-refractivity contribution in [2.24, 2.45) is 0 Å². The Balaban J connectivity index is 1.35. The fourth-order valence-electron chi connectivity index (χ4n) is 10.6. The van der Waals surface area contributed by atoms with Crippen molar-refractivity contribution >= 4 is 62.9 Å². The molecule has 0 spiro atoms. The zero-order valence-corrected chi connectivity index (χ0v) is 30.6. The fraction of sp³-hybridized carbons (Fsp3) is 0.277. The molecule has 10 rings (SSSR count). The predicted octanol–water partition coefficient (Wildman–Crippen LogP) is 10.4. The van der Waals surface area contributed by atoms with E-state index in [0.717, 1.165) is 12.8 Å². The molecule has 51 heavy (non-hydrogen) atoms. The third kappa shape index (κ3) is 4.26. The van der Waals surface area contributed by atoms with Gasteiger partial charge in [-0.3, -0.25) is 0 Å². The van der Waals surface area contributed by atoms with Gasteiger partial charge in [0, 0.05) is 45.2 Å². The number of fused-ring (bicyclic) bond motifs is 7. The zero-order chi connectivity index (χ0) is 34.6. The maximum atomic E-state index is 2.86. The van der Waals surface area contributed by atoms with E-state index in [9.17, 15) is 0 Å². The minimum Gasteiger partial charge on any atom is -0.335 e. The van der Waals surface area contributed by atoms with E-state index in [2.05, 4.69) is 165 Å². The first kappa shape index (κ1) is 30.8. The van der Waals surface area contributed by atoms with Gasteiger partial charge in [-0.2, -0.15) is 0 Å². The Morgan fingerprint density at radius 1 is 0.667 bits per heavy atom. The Hall–Kier alpha value is -4.96. The molecule has 2 atom stereocenters. The molecule has 1 fully saturated rings. The lowest BCUT2D eigenvalue weighted by Gasteiger charge is -2.53. The van der Waals surface area contributed by atoms with Crippen LogP contribution in [0.5, 0.6) is 0 Å². The Labute approximate surface area is 304 Å². The van der Waals surface area contributed by atoms with Crippen molar-refractivity contribution in [1.29, 1.82) is 0 Å². The lowest BCUT2D eigenvalue weighted by molar-refractivity contribution is 0.195. The summed E-state index contributed by atoms with van der Waals surface area (Å²) in [6, 6.07) is 39.2. The van der Waals surface area contributed by atoms with E-state index in [1.807, 2.05) is 0 Å². The Kier molecular flexibility index (Phi) is 6.66. The summed E-state index contributed by atoms with van der Waals surface area (Å²) in [5.41, 5.74) is 20.4. The van der Waals surface area contributed by atoms with E-state index in [4.69, 9.17) is 0 Å². The molecule has 0 aromatic heterocycles. The molecule has 0 radical (unpaired) electrons. The first-order valence-electron chi connectivity index (χ1n) is 19.1. The van der Waals surface area contributed by atoms with Crippen LogP contribution < -0.4 is 31.1 Å². The summed E-state index contributed by atoms with van der Waals surface area (Å²) in [6.45, 7) is 12.2. The Bertz CT molecular complexity index is 2270. The molecule has 2 aliphatic carbocycles. The summed E-state index contributed by atoms with van der Waals surface area (Å²) in [5, 5.41) is 0. The maximum Gasteiger partial charge on any atom is 0.252 e. The molecule has 4 heteroatoms. The zero-order valence-electron chi connectivity index (χ0n) is 30.6. The van der Waals surface area contributed by atoms with Crippen LogP contribution >= 0.6 is 0 Å². The number of rotatable bonds is 4. The summed E-state index contributed by atoms with van der Waals surface area (Å²) in [6.07, 6.45) is 12.1. The third-order valence-electron chi connectivity index (χ3n) is 13.1. The number of aryl methyl sites for hydroxylation is 2. The van der Waals surface area contributed by atoms with Gasteiger partial charge >= 0.3 is 0 Å². The van der Waals surface area contributed by atoms with E-state index in [1.165, 1.54) is 104 Å². The van der Waals surface area contributed by atoms with E-state index in [0.29, 0.717) is 0 Å². The van der Waals surface area contributed by atoms with Crippen molar-refractivity contribution in [2.45, 2.75) is 84.1 Å². The first-order valence-corrected chi connectivity index (χ1v) is 19.1. The predicted molar refractivity (Wildman–Crippen MR) is 218 cm³/mol. The van der Waals surface area contributed by atoms with Crippen molar-refractivity contribution in [1.82, 2.24) is 0 Å². The maximum absolute atomic E-state index is 2.86. The van der Waals surface area contributed by atoms with E-state index < -0.39 is 0 Å². The molecular formula is C47H46BN3. The van der Waals surface area contributed by atoms with Crippen molar-refractivity contribution in [3.05, 3.63) is 143 Å². The van der Waals surface area contributed by atoms with Gasteiger partial charge in [-0.25, -0.2) is 0 Å². The summed E-state index contributed by atoms with van der Waals surface area (Å²) in [5.74, 6) is 0. The number of benzene rings is 5. The van der Waals surface area contributed by atoms with E-state index >= 15 is 0 Å². The molecule has 0 bridgehead atoms. The van der Waals surface area contributed by atoms with Crippen molar-refractivity contribution in [2.75, 3.05) is 14.7 Å². The standard InChI is InChI=1S/C47H46BN3/c1-31-15-14-20-36(25-31)50-41-28-32(2)21-22-39(41)48-40-27-33(3)26-38-45(40)51(47(5)24-13-12-23-46(38,47)4)43-30-37(29-42(50)44(43)48)49(34-16-8-6-9-17-34)35-18-10-7-11-19-35/h6-11,16-22,25-30H,12-15,23-24H2,1-5H3. The Morgan fingerprint density at radius 3 is 2.10 bits per heavy atom. The number of hydrogen-bond donors (Lipinski definition) is 0. The molecule has 3 aliphatic heterocycles. The summed E-state index contributed by atoms with van der Waals surface area (Å²) < 4.78 is 0. The molecule has 5 aromatic rings. The lowest BCUT2D eigenvalue weighted by atomic mass is 9.33. The average Bonchev–Trinajstić information content (AvgIpc) is 3.34. The summed E-state index contributed by atoms with van der Waals surface area (Å²) in [4.78, 5) is 7.95. The van der Waals surface area contributed by atoms with Crippen molar-refractivity contribution in [3.8, 4) is 0 Å². The van der Waals surface area contributed by atoms with Crippen molar-refractivity contribution < 1.29 is 0 Å². The van der Waals surface area contributed by atoms with E-state index in [1.54, 1.807) is 5.56 Å². The molecule has 3 heterocycles. The van der Waals surface area contributed by atoms with Crippen LogP contribution in [0.3, 0.4) is 0 Å². The first-order chi connectivity index (χ1) is 24.8. The quantitative estimate of drug-likeness (QED) is 0.177. The van der Waals surface area contributed by atoms with Gasteiger partial charge in [-0.1, -0.05) is 97.6 Å². The minimum atomic E-state index is -0.0310. The van der Waals surface area contributed by atoms with Crippen LogP contribution in [0.15, 0.2) is 127 Å². The van der Waals surface area contributed by atoms with Gasteiger partial charge in [0.05, 0.1) is 11.2 Å². The van der Waals surface area contributed by atoms with Gasteiger partial charge in [0.1, 0.15) is 0 Å². The number of hydrogen-bond acceptors (Lipinski definition) is 3. The van der Waals surface area contributed by atoms with Gasteiger partial charge in [-0.05, 0) is 129 Å². The monoisotopic (exact) mass is 663 g/mol. The summed E-state index contributed by atoms with van der Waals surface area (Å²) in [7, 11) is 0. The topological polar surface area (TPSA) is 9.72 Å². The smallest absolute Gasteiger partial charge is 0.252 e. The van der Waals surface area contributed by atoms with Gasteiger partial charge in [0.15, 0.2) is 0 Å². The van der Waals surface area contributed by atoms with Crippen LogP contribution in [-0.2, 0) is 5.41 Å². The second-order valence-electron chi connectivity index (χ2n) is 16.3. The molecule has 0 saturated heterocycles. The fourth-order valence-corrected chi connectivity index (χ4v) is 10.6. The second-order valence-corrected chi connectivity index (χ2v) is 16.3. The number of nitrogens with zero attached hydrogens (tertiary/aromatic N) is 3. The lowest BCUT2D eigenvalue weighted by Crippen LogP contribution is -2.64. The van der Waals surface area contributed by atoms with Crippen LogP contribution in [0.1, 0.15) is 76.0 Å². The highest BCUT2D eigenvalue weighted by molar-refractivity contribution is 7.00. The third-order valence-corrected chi connectivity index (χ3v) is 13.1. The number of anilines is 7. The van der Waals surface area contributed by atoms with Crippen LogP contribution in [-0.4, -0.2) is 12.3 Å². The molecule has 0 amide bonds. The molecule has 5 aliphatic rings. The molecule has 2 unspecified atom stereocenters. The number of allylic oxidation sites excluding steroid dienone is 3. The molecule has 5 aromatic carbocycles. The molecule has 3 nitrogen and oxygen atoms in total. The highest BCUT2D eigenvalue weighted by Gasteiger charge is 2.61. The minimum absolute atomic E-state index is 0.0310. The average molecular weight is 664 g/mol. The van der Waals surface area contributed by atoms with Crippen LogP contribution in [0.4, 0.5) is 39.8 Å². The van der Waals surface area contributed by atoms with Crippen LogP contribution in [0.2, 0.25) is 0 Å². The number of para-hydroxylation sites is 2. The Morgan fingerprint density at radius 2 is 1.37 bits per heavy atom. The van der Waals surface area contributed by atoms with Gasteiger partial charge in [0.2, 0.25) is 0 Å². The molecule has 0 N–H and O–H groups in total. The summed E-state index contributed by atoms with van der Waals surface area (Å²) >= 11 is 0. The normalized spacial score (nSPS) is 22.4. The second kappa shape index (κ2) is 11.0. The highest BCUT2D eigenvalue weighted by Crippen LogP contribution is 2.62. The van der Waals surface area contributed by atoms with Crippen LogP contribution in [0, 0.1) is 13.8 Å². The van der Waals surface area contributed by atoms with Crippen LogP contribution in [0.25, 0.3) is 0 Å². The molecular weight excluding hydrogens is 617 g/mol. The van der Waals surface area contributed by atoms with Gasteiger partial charge < -0.3 is 14.7 Å². The van der Waals surface area contributed by atoms with Crippen molar-refractivity contribution in [3.63, 3.8) is 0 Å². The molecule has 1 saturated carbocycles. The van der Waals surface area contributed by atoms with Gasteiger partial charge in [0.25, 0.3) is 6.71 Å².